The first-order valence-electron chi connectivity index (χ1n) is 17.4. The van der Waals surface area contributed by atoms with Crippen LogP contribution in [0.25, 0.3) is 10.8 Å². The van der Waals surface area contributed by atoms with Crippen molar-refractivity contribution in [2.24, 2.45) is 5.16 Å². The number of methoxy groups -OCH3 is 1. The number of nitrogens with one attached hydrogen (secondary N) is 1. The molecule has 1 aliphatic heterocycles. The molecule has 4 N–H and O–H groups in total. The lowest BCUT2D eigenvalue weighted by Gasteiger charge is -2.36. The topological polar surface area (TPSA) is 199 Å². The number of oxime groups is 1. The van der Waals surface area contributed by atoms with Crippen molar-refractivity contribution < 1.29 is 44.1 Å². The summed E-state index contributed by atoms with van der Waals surface area (Å²) in [6.07, 6.45) is 2.57. The van der Waals surface area contributed by atoms with Crippen molar-refractivity contribution in [3.63, 3.8) is 0 Å². The molecule has 8 rings (SSSR count). The molecule has 4 aromatic rings. The van der Waals surface area contributed by atoms with E-state index in [2.05, 4.69) is 19.9 Å². The quantitative estimate of drug-likeness (QED) is 0.0633. The van der Waals surface area contributed by atoms with E-state index >= 15 is 0 Å². The van der Waals surface area contributed by atoms with Crippen LogP contribution in [0.2, 0.25) is 10.0 Å². The number of Topliss-reactive ketones (excluding diaryl/α,β-unsaturated/α-hetero) is 3. The molecule has 1 aromatic heterocycles. The van der Waals surface area contributed by atoms with E-state index in [1.165, 1.54) is 12.3 Å². The Morgan fingerprint density at radius 3 is 2.33 bits per heavy atom. The van der Waals surface area contributed by atoms with Gasteiger partial charge in [0, 0.05) is 60.5 Å². The first-order valence-corrected chi connectivity index (χ1v) is 18.2. The summed E-state index contributed by atoms with van der Waals surface area (Å²) in [7, 11) is 1.13. The van der Waals surface area contributed by atoms with Gasteiger partial charge in [0.15, 0.2) is 23.1 Å². The molecule has 1 saturated heterocycles. The molecular formula is C39H32Cl2N4O10. The second-order valence-corrected chi connectivity index (χ2v) is 14.6. The lowest BCUT2D eigenvalue weighted by Crippen LogP contribution is -2.46. The molecule has 0 amide bonds. The number of aromatic hydroxyl groups is 3. The highest BCUT2D eigenvalue weighted by atomic mass is 35.5. The second kappa shape index (κ2) is 13.6. The predicted octanol–water partition coefficient (Wildman–Crippen LogP) is 4.69. The maximum atomic E-state index is 14.3. The number of ketones is 4. The van der Waals surface area contributed by atoms with Crippen molar-refractivity contribution >= 4 is 69.0 Å². The Labute approximate surface area is 322 Å². The highest BCUT2D eigenvalue weighted by Crippen LogP contribution is 2.58. The lowest BCUT2D eigenvalue weighted by atomic mass is 9.76. The number of nitrogens with zero attached hydrogens (tertiary/aromatic N) is 3. The van der Waals surface area contributed by atoms with Crippen LogP contribution in [-0.2, 0) is 21.4 Å². The Kier molecular flexibility index (Phi) is 8.94. The smallest absolute Gasteiger partial charge is 0.260 e. The summed E-state index contributed by atoms with van der Waals surface area (Å²) >= 11 is 13.0. The third-order valence-corrected chi connectivity index (χ3v) is 11.6. The van der Waals surface area contributed by atoms with Crippen LogP contribution < -0.4 is 10.5 Å². The lowest BCUT2D eigenvalue weighted by molar-refractivity contribution is 0.0790. The number of anilines is 1. The third-order valence-electron chi connectivity index (χ3n) is 10.9. The zero-order valence-electron chi connectivity index (χ0n) is 29.2. The number of aromatic amines is 1. The Bertz CT molecular complexity index is 2520. The number of H-pyrrole nitrogens is 1. The monoisotopic (exact) mass is 786 g/mol. The third kappa shape index (κ3) is 5.49. The number of fused-ring (bicyclic) bond motifs is 5. The van der Waals surface area contributed by atoms with Gasteiger partial charge in [0.25, 0.3) is 5.56 Å². The van der Waals surface area contributed by atoms with E-state index in [0.29, 0.717) is 18.1 Å². The summed E-state index contributed by atoms with van der Waals surface area (Å²) in [6, 6.07) is 9.29. The Morgan fingerprint density at radius 2 is 1.64 bits per heavy atom. The van der Waals surface area contributed by atoms with Gasteiger partial charge in [-0.1, -0.05) is 34.4 Å². The van der Waals surface area contributed by atoms with Crippen molar-refractivity contribution in [3.8, 4) is 17.2 Å². The molecule has 1 atom stereocenters. The first-order chi connectivity index (χ1) is 26.4. The minimum absolute atomic E-state index is 0.000360. The summed E-state index contributed by atoms with van der Waals surface area (Å²) < 4.78 is 4.94. The van der Waals surface area contributed by atoms with Crippen LogP contribution in [-0.4, -0.2) is 101 Å². The van der Waals surface area contributed by atoms with Gasteiger partial charge in [-0.3, -0.25) is 28.9 Å². The number of aromatic nitrogens is 1. The van der Waals surface area contributed by atoms with Gasteiger partial charge < -0.3 is 34.8 Å². The summed E-state index contributed by atoms with van der Waals surface area (Å²) in [5.41, 5.74) is -4.43. The zero-order chi connectivity index (χ0) is 38.9. The molecule has 0 saturated carbocycles. The van der Waals surface area contributed by atoms with Crippen LogP contribution in [0.1, 0.15) is 71.1 Å². The van der Waals surface area contributed by atoms with E-state index in [1.807, 2.05) is 24.3 Å². The van der Waals surface area contributed by atoms with E-state index in [1.54, 1.807) is 0 Å². The number of phenols is 3. The van der Waals surface area contributed by atoms with E-state index in [4.69, 9.17) is 32.8 Å². The van der Waals surface area contributed by atoms with E-state index in [9.17, 15) is 39.3 Å². The number of ether oxygens (including phenoxy) is 1. The van der Waals surface area contributed by atoms with Gasteiger partial charge in [0.1, 0.15) is 29.3 Å². The Morgan fingerprint density at radius 1 is 0.927 bits per heavy atom. The summed E-state index contributed by atoms with van der Waals surface area (Å²) in [5, 5.41) is 38.6. The van der Waals surface area contributed by atoms with Crippen LogP contribution >= 0.6 is 23.2 Å². The molecule has 55 heavy (non-hydrogen) atoms. The number of carbonyl (C=O) groups excluding carboxylic acids is 4. The summed E-state index contributed by atoms with van der Waals surface area (Å²) in [4.78, 5) is 80.7. The van der Waals surface area contributed by atoms with Crippen LogP contribution in [0.5, 0.6) is 17.2 Å². The van der Waals surface area contributed by atoms with Gasteiger partial charge in [-0.25, -0.2) is 0 Å². The molecule has 0 bridgehead atoms. The van der Waals surface area contributed by atoms with Crippen molar-refractivity contribution in [3.05, 3.63) is 102 Å². The second-order valence-electron chi connectivity index (χ2n) is 13.8. The molecule has 3 aliphatic carbocycles. The predicted molar refractivity (Wildman–Crippen MR) is 202 cm³/mol. The van der Waals surface area contributed by atoms with Gasteiger partial charge in [-0.05, 0) is 49.1 Å². The highest BCUT2D eigenvalue weighted by Gasteiger charge is 2.62. The van der Waals surface area contributed by atoms with Crippen molar-refractivity contribution in [1.29, 1.82) is 0 Å². The molecule has 1 spiro atoms. The average Bonchev–Trinajstić information content (AvgIpc) is 3.68. The molecule has 0 unspecified atom stereocenters. The number of piperazine rings is 1. The van der Waals surface area contributed by atoms with E-state index < -0.39 is 79.4 Å². The number of hydrogen-bond donors (Lipinski definition) is 4. The normalized spacial score (nSPS) is 19.4. The van der Waals surface area contributed by atoms with Crippen molar-refractivity contribution in [1.82, 2.24) is 9.88 Å². The maximum Gasteiger partial charge on any atom is 0.260 e. The number of hydrogen-bond acceptors (Lipinski definition) is 13. The van der Waals surface area contributed by atoms with Crippen LogP contribution in [0, 0.1) is 0 Å². The molecule has 4 aliphatic rings. The SMILES string of the molecule is COC1=CC(=O)c2c(O)c3c(c(O)c2C1=O)C(=O)[C@]1(CCc2c1c(O)c1c(=O)[nH]c(/C=N/OCCCN4CCN(c5cccc(Cl)c5)CC4)cc1c2Cl)C3=O. The van der Waals surface area contributed by atoms with Crippen molar-refractivity contribution in [2.45, 2.75) is 24.7 Å². The molecule has 2 heterocycles. The fraction of sp³-hybridized carbons (Fsp3) is 0.282. The number of rotatable bonds is 8. The number of allylic oxidation sites excluding steroid dienone is 2. The molecule has 3 aromatic carbocycles. The fourth-order valence-electron chi connectivity index (χ4n) is 8.27. The number of benzene rings is 3. The van der Waals surface area contributed by atoms with Crippen molar-refractivity contribution in [2.75, 3.05) is 51.3 Å². The highest BCUT2D eigenvalue weighted by molar-refractivity contribution is 6.41. The van der Waals surface area contributed by atoms with Gasteiger partial charge in [0.05, 0.1) is 51.7 Å². The standard InChI is InChI=1S/C39H32Cl2N4O10/c1-54-24-16-23(46)26-27(32(24)47)34(49)29-28(33(26)48)36(51)39(37(29)52)7-6-21-30(39)35(50)25-22(31(21)41)15-19(43-38(25)53)17-42-55-13-3-8-44-9-11-45(12-10-44)20-5-2-4-18(40)14-20/h2,4-5,14-17,48-50H,3,6-13H2,1H3,(H,43,53)/b42-17+/t39-/m0/s1. The molecule has 14 nitrogen and oxygen atoms in total. The van der Waals surface area contributed by atoms with Crippen LogP contribution in [0.3, 0.4) is 0 Å². The summed E-state index contributed by atoms with van der Waals surface area (Å²) in [5.74, 6) is -7.01. The van der Waals surface area contributed by atoms with Crippen LogP contribution in [0.4, 0.5) is 5.69 Å². The molecule has 16 heteroatoms. The van der Waals surface area contributed by atoms with Crippen LogP contribution in [0.15, 0.2) is 52.1 Å². The van der Waals surface area contributed by atoms with Gasteiger partial charge in [-0.15, -0.1) is 0 Å². The number of pyridine rings is 1. The minimum atomic E-state index is -2.22. The zero-order valence-corrected chi connectivity index (χ0v) is 30.7. The minimum Gasteiger partial charge on any atom is -0.507 e. The van der Waals surface area contributed by atoms with Gasteiger partial charge >= 0.3 is 0 Å². The largest absolute Gasteiger partial charge is 0.507 e. The first kappa shape index (κ1) is 36.3. The van der Waals surface area contributed by atoms with Gasteiger partial charge in [-0.2, -0.15) is 0 Å². The van der Waals surface area contributed by atoms with E-state index in [-0.39, 0.29) is 45.5 Å². The fourth-order valence-corrected chi connectivity index (χ4v) is 8.80. The maximum absolute atomic E-state index is 14.3. The molecule has 282 valence electrons. The van der Waals surface area contributed by atoms with E-state index in [0.717, 1.165) is 51.6 Å². The van der Waals surface area contributed by atoms with Gasteiger partial charge in [0.2, 0.25) is 5.78 Å². The number of carbonyl (C=O) groups is 4. The average molecular weight is 788 g/mol. The molecule has 0 radical (unpaired) electrons. The Hall–Kier alpha value is -5.70. The number of halogens is 2. The number of phenolic OH excluding ortho intramolecular Hbond substituents is 3. The molecular weight excluding hydrogens is 755 g/mol. The molecule has 1 fully saturated rings. The summed E-state index contributed by atoms with van der Waals surface area (Å²) in [6.45, 7) is 4.68. The Balaban J connectivity index is 1.01.